The molecule has 1 N–H and O–H groups in total. The highest BCUT2D eigenvalue weighted by atomic mass is 35.5. The van der Waals surface area contributed by atoms with Crippen LogP contribution in [0.4, 0.5) is 10.1 Å². The minimum atomic E-state index is -4.01. The van der Waals surface area contributed by atoms with E-state index in [9.17, 15) is 17.6 Å². The first-order valence-electron chi connectivity index (χ1n) is 6.14. The molecule has 0 aliphatic carbocycles. The highest BCUT2D eigenvalue weighted by molar-refractivity contribution is 7.89. The lowest BCUT2D eigenvalue weighted by molar-refractivity contribution is 0.363. The lowest BCUT2D eigenvalue weighted by atomic mass is 10.3. The molecule has 0 radical (unpaired) electrons. The van der Waals surface area contributed by atoms with Crippen LogP contribution in [-0.4, -0.2) is 38.5 Å². The Morgan fingerprint density at radius 2 is 2.14 bits per heavy atom. The molecule has 21 heavy (non-hydrogen) atoms. The number of nitrogens with one attached hydrogen (secondary N) is 1. The number of fused-ring (bicyclic) bond motifs is 1. The summed E-state index contributed by atoms with van der Waals surface area (Å²) in [7, 11) is -4.01. The van der Waals surface area contributed by atoms with Gasteiger partial charge in [-0.3, -0.25) is 0 Å². The van der Waals surface area contributed by atoms with Crippen molar-refractivity contribution in [2.45, 2.75) is 11.8 Å². The zero-order chi connectivity index (χ0) is 15.6. The van der Waals surface area contributed by atoms with Crippen molar-refractivity contribution >= 4 is 33.3 Å². The summed E-state index contributed by atoms with van der Waals surface area (Å²) >= 11 is 5.84. The quantitative estimate of drug-likeness (QED) is 0.842. The van der Waals surface area contributed by atoms with E-state index in [2.05, 4.69) is 5.43 Å². The standard InChI is InChI=1S/C12H13ClFN3O3S/c1-2-15-17-12(8-18)16(6-5-14)10-4-3-9(13)7-11(10)21(17,19)20/h3-4,7,15H,2,5-6H2,1H3. The average Bonchev–Trinajstić information content (AvgIpc) is 2.45. The Morgan fingerprint density at radius 3 is 2.71 bits per heavy atom. The van der Waals surface area contributed by atoms with E-state index in [1.54, 1.807) is 12.9 Å². The topological polar surface area (TPSA) is 69.7 Å². The number of hydrogen-bond donors (Lipinski definition) is 1. The number of nitrogens with zero attached hydrogens (tertiary/aromatic N) is 2. The Hall–Kier alpha value is -1.60. The van der Waals surface area contributed by atoms with E-state index in [4.69, 9.17) is 11.6 Å². The van der Waals surface area contributed by atoms with Crippen molar-refractivity contribution in [3.8, 4) is 0 Å². The van der Waals surface area contributed by atoms with Gasteiger partial charge in [0.25, 0.3) is 10.0 Å². The molecule has 0 amide bonds. The van der Waals surface area contributed by atoms with Crippen molar-refractivity contribution in [2.24, 2.45) is 0 Å². The number of hydrogen-bond acceptors (Lipinski definition) is 5. The van der Waals surface area contributed by atoms with Gasteiger partial charge in [-0.15, -0.1) is 0 Å². The Bertz CT molecular complexity index is 704. The second kappa shape index (κ2) is 6.03. The zero-order valence-electron chi connectivity index (χ0n) is 11.1. The third-order valence-corrected chi connectivity index (χ3v) is 4.78. The predicted molar refractivity (Wildman–Crippen MR) is 76.7 cm³/mol. The van der Waals surface area contributed by atoms with Gasteiger partial charge < -0.3 is 4.90 Å². The molecule has 0 saturated carbocycles. The van der Waals surface area contributed by atoms with Crippen LogP contribution in [0.3, 0.4) is 0 Å². The number of halogens is 2. The van der Waals surface area contributed by atoms with Gasteiger partial charge in [-0.1, -0.05) is 18.5 Å². The Morgan fingerprint density at radius 1 is 1.43 bits per heavy atom. The summed E-state index contributed by atoms with van der Waals surface area (Å²) in [4.78, 5) is 12.4. The Labute approximate surface area is 126 Å². The van der Waals surface area contributed by atoms with Crippen LogP contribution in [0, 0.1) is 0 Å². The van der Waals surface area contributed by atoms with Crippen LogP contribution < -0.4 is 10.3 Å². The van der Waals surface area contributed by atoms with E-state index < -0.39 is 16.7 Å². The van der Waals surface area contributed by atoms with E-state index in [0.29, 0.717) is 4.41 Å². The molecular weight excluding hydrogens is 321 g/mol. The molecule has 0 bridgehead atoms. The van der Waals surface area contributed by atoms with E-state index in [1.807, 2.05) is 0 Å². The second-order valence-electron chi connectivity index (χ2n) is 4.16. The van der Waals surface area contributed by atoms with Crippen LogP contribution in [0.15, 0.2) is 28.9 Å². The summed E-state index contributed by atoms with van der Waals surface area (Å²) in [5.41, 5.74) is 2.76. The molecule has 2 rings (SSSR count). The van der Waals surface area contributed by atoms with Crippen molar-refractivity contribution in [3.05, 3.63) is 29.0 Å². The number of sulfonamides is 1. The third-order valence-electron chi connectivity index (χ3n) is 2.88. The molecule has 0 saturated heterocycles. The molecule has 6 nitrogen and oxygen atoms in total. The smallest absolute Gasteiger partial charge is 0.281 e. The number of benzene rings is 1. The molecule has 1 aliphatic heterocycles. The second-order valence-corrected chi connectivity index (χ2v) is 6.35. The van der Waals surface area contributed by atoms with Gasteiger partial charge >= 0.3 is 0 Å². The van der Waals surface area contributed by atoms with Crippen LogP contribution in [0.1, 0.15) is 6.92 Å². The normalized spacial score (nSPS) is 16.6. The predicted octanol–water partition coefficient (Wildman–Crippen LogP) is 1.32. The number of hydrazine groups is 1. The summed E-state index contributed by atoms with van der Waals surface area (Å²) in [6.07, 6.45) is 0. The summed E-state index contributed by atoms with van der Waals surface area (Å²) in [6.45, 7) is 0.999. The zero-order valence-corrected chi connectivity index (χ0v) is 12.7. The summed E-state index contributed by atoms with van der Waals surface area (Å²) in [5.74, 6) is 1.26. The van der Waals surface area contributed by atoms with Gasteiger partial charge in [0.05, 0.1) is 12.2 Å². The van der Waals surface area contributed by atoms with Crippen molar-refractivity contribution in [1.29, 1.82) is 0 Å². The molecule has 0 spiro atoms. The fourth-order valence-electron chi connectivity index (χ4n) is 2.06. The first kappa shape index (κ1) is 15.8. The molecule has 9 heteroatoms. The number of carbonyl (C=O) groups excluding carboxylic acids is 1. The average molecular weight is 334 g/mol. The Balaban J connectivity index is 2.73. The summed E-state index contributed by atoms with van der Waals surface area (Å²) < 4.78 is 38.6. The maximum atomic E-state index is 12.8. The minimum Gasteiger partial charge on any atom is -0.313 e. The van der Waals surface area contributed by atoms with Crippen molar-refractivity contribution in [3.63, 3.8) is 0 Å². The molecule has 0 unspecified atom stereocenters. The minimum absolute atomic E-state index is 0.0941. The van der Waals surface area contributed by atoms with E-state index in [0.717, 1.165) is 0 Å². The third kappa shape index (κ3) is 2.63. The summed E-state index contributed by atoms with van der Waals surface area (Å²) in [5, 5.41) is 0.229. The van der Waals surface area contributed by atoms with E-state index in [-0.39, 0.29) is 34.5 Å². The van der Waals surface area contributed by atoms with Crippen molar-refractivity contribution in [2.75, 3.05) is 24.7 Å². The molecule has 1 aliphatic rings. The fourth-order valence-corrected chi connectivity index (χ4v) is 3.88. The highest BCUT2D eigenvalue weighted by Crippen LogP contribution is 2.37. The van der Waals surface area contributed by atoms with Gasteiger partial charge in [-0.05, 0) is 18.2 Å². The van der Waals surface area contributed by atoms with E-state index in [1.165, 1.54) is 23.1 Å². The first-order valence-corrected chi connectivity index (χ1v) is 7.96. The molecule has 0 atom stereocenters. The molecule has 0 fully saturated rings. The van der Waals surface area contributed by atoms with Gasteiger partial charge in [-0.25, -0.2) is 14.6 Å². The molecule has 1 aromatic rings. The maximum Gasteiger partial charge on any atom is 0.281 e. The van der Waals surface area contributed by atoms with Crippen molar-refractivity contribution in [1.82, 2.24) is 9.84 Å². The molecule has 1 aromatic carbocycles. The van der Waals surface area contributed by atoms with Crippen LogP contribution >= 0.6 is 11.6 Å². The Kier molecular flexibility index (Phi) is 4.53. The van der Waals surface area contributed by atoms with Gasteiger partial charge in [0.15, 0.2) is 5.94 Å². The van der Waals surface area contributed by atoms with Crippen LogP contribution in [0.25, 0.3) is 0 Å². The SMILES string of the molecule is CCNN1C(=C=O)N(CCF)c2ccc(Cl)cc2S1(=O)=O. The molecule has 0 aromatic heterocycles. The van der Waals surface area contributed by atoms with Crippen molar-refractivity contribution < 1.29 is 17.6 Å². The number of rotatable bonds is 4. The van der Waals surface area contributed by atoms with Gasteiger partial charge in [0, 0.05) is 11.6 Å². The molecular formula is C12H13ClFN3O3S. The van der Waals surface area contributed by atoms with Gasteiger partial charge in [-0.2, -0.15) is 12.8 Å². The lowest BCUT2D eigenvalue weighted by Gasteiger charge is -2.37. The fraction of sp³-hybridized carbons (Fsp3) is 0.333. The first-order chi connectivity index (χ1) is 9.97. The van der Waals surface area contributed by atoms with Crippen LogP contribution in [-0.2, 0) is 14.8 Å². The lowest BCUT2D eigenvalue weighted by Crippen LogP contribution is -2.51. The van der Waals surface area contributed by atoms with Gasteiger partial charge in [0.2, 0.25) is 5.82 Å². The summed E-state index contributed by atoms with van der Waals surface area (Å²) in [6, 6.07) is 4.18. The molecule has 1 heterocycles. The highest BCUT2D eigenvalue weighted by Gasteiger charge is 2.39. The van der Waals surface area contributed by atoms with Gasteiger partial charge in [0.1, 0.15) is 11.6 Å². The van der Waals surface area contributed by atoms with Crippen LogP contribution in [0.5, 0.6) is 0 Å². The molecule has 114 valence electrons. The number of alkyl halides is 1. The monoisotopic (exact) mass is 333 g/mol. The maximum absolute atomic E-state index is 12.8. The van der Waals surface area contributed by atoms with E-state index >= 15 is 0 Å². The largest absolute Gasteiger partial charge is 0.313 e. The number of anilines is 1. The van der Waals surface area contributed by atoms with Crippen LogP contribution in [0.2, 0.25) is 5.02 Å².